The average Bonchev–Trinajstić information content (AvgIpc) is 3.29. The minimum absolute atomic E-state index is 0.0760. The summed E-state index contributed by atoms with van der Waals surface area (Å²) in [6, 6.07) is 35.1. The molecule has 6 atom stereocenters. The van der Waals surface area contributed by atoms with Gasteiger partial charge in [-0.3, -0.25) is 9.97 Å². The zero-order valence-corrected chi connectivity index (χ0v) is 40.3. The van der Waals surface area contributed by atoms with Gasteiger partial charge in [-0.2, -0.15) is 0 Å². The van der Waals surface area contributed by atoms with Crippen molar-refractivity contribution < 1.29 is 0 Å². The Morgan fingerprint density at radius 3 is 1.41 bits per heavy atom. The van der Waals surface area contributed by atoms with E-state index in [-0.39, 0.29) is 30.0 Å². The van der Waals surface area contributed by atoms with Crippen molar-refractivity contribution in [2.45, 2.75) is 102 Å². The molecule has 4 aromatic carbocycles. The van der Waals surface area contributed by atoms with Crippen LogP contribution in [0, 0.1) is 13.8 Å². The molecule has 342 valence electrons. The number of rotatable bonds is 16. The van der Waals surface area contributed by atoms with Crippen molar-refractivity contribution in [3.8, 4) is 0 Å². The molecule has 0 saturated carbocycles. The van der Waals surface area contributed by atoms with Crippen LogP contribution in [0.25, 0.3) is 43.6 Å². The van der Waals surface area contributed by atoms with E-state index in [2.05, 4.69) is 180 Å². The molecule has 10 heteroatoms. The number of nitrogens with two attached hydrogens (primary N) is 4. The fraction of sp³-hybridized carbons (Fsp3) is 0.357. The Balaban J connectivity index is 0.942. The Kier molecular flexibility index (Phi) is 13.4. The molecule has 8 N–H and O–H groups in total. The van der Waals surface area contributed by atoms with Gasteiger partial charge < -0.3 is 32.7 Å². The predicted molar refractivity (Wildman–Crippen MR) is 277 cm³/mol. The molecule has 0 aliphatic rings. The molecule has 0 fully saturated rings. The Hall–Kier alpha value is -6.04. The second kappa shape index (κ2) is 19.1. The van der Waals surface area contributed by atoms with Crippen molar-refractivity contribution in [3.63, 3.8) is 0 Å². The van der Waals surface area contributed by atoms with Crippen molar-refractivity contribution in [1.29, 1.82) is 0 Å². The lowest BCUT2D eigenvalue weighted by Crippen LogP contribution is -2.63. The highest BCUT2D eigenvalue weighted by Gasteiger charge is 2.45. The number of nitrogen functional groups attached to an aromatic ring is 2. The molecule has 0 spiro atoms. The van der Waals surface area contributed by atoms with E-state index in [0.717, 1.165) is 86.8 Å². The lowest BCUT2D eigenvalue weighted by atomic mass is 9.69. The summed E-state index contributed by atoms with van der Waals surface area (Å²) in [5.74, 6) is 1.23. The summed E-state index contributed by atoms with van der Waals surface area (Å²) >= 11 is 0. The topological polar surface area (TPSA) is 162 Å². The highest BCUT2D eigenvalue weighted by Crippen LogP contribution is 2.40. The first-order valence-electron chi connectivity index (χ1n) is 23.5. The van der Waals surface area contributed by atoms with Gasteiger partial charge in [-0.05, 0) is 156 Å². The summed E-state index contributed by atoms with van der Waals surface area (Å²) < 4.78 is 0. The van der Waals surface area contributed by atoms with Crippen LogP contribution < -0.4 is 22.9 Å². The molecule has 0 amide bonds. The van der Waals surface area contributed by atoms with Gasteiger partial charge >= 0.3 is 0 Å². The molecule has 66 heavy (non-hydrogen) atoms. The summed E-state index contributed by atoms with van der Waals surface area (Å²) in [5, 5.41) is 4.26. The molecule has 8 rings (SSSR count). The van der Waals surface area contributed by atoms with Crippen molar-refractivity contribution in [2.24, 2.45) is 11.5 Å². The number of anilines is 2. The van der Waals surface area contributed by atoms with Gasteiger partial charge in [0.1, 0.15) is 11.0 Å². The molecule has 0 aliphatic carbocycles. The number of hydrogen-bond donors (Lipinski definition) is 4. The number of hydrogen-bond acceptors (Lipinski definition) is 10. The van der Waals surface area contributed by atoms with E-state index in [0.29, 0.717) is 11.6 Å². The number of pyridine rings is 4. The molecule has 0 radical (unpaired) electrons. The van der Waals surface area contributed by atoms with Crippen LogP contribution in [0.1, 0.15) is 83.5 Å². The van der Waals surface area contributed by atoms with E-state index in [4.69, 9.17) is 32.9 Å². The van der Waals surface area contributed by atoms with Crippen LogP contribution in [0.2, 0.25) is 0 Å². The highest BCUT2D eigenvalue weighted by molar-refractivity contribution is 6.09. The zero-order chi connectivity index (χ0) is 47.0. The van der Waals surface area contributed by atoms with Crippen LogP contribution in [-0.4, -0.2) is 81.6 Å². The van der Waals surface area contributed by atoms with Gasteiger partial charge in [0.15, 0.2) is 11.6 Å². The molecule has 0 saturated heterocycles. The van der Waals surface area contributed by atoms with E-state index in [1.807, 2.05) is 12.4 Å². The summed E-state index contributed by atoms with van der Waals surface area (Å²) in [6.45, 7) is 10.9. The van der Waals surface area contributed by atoms with E-state index in [9.17, 15) is 0 Å². The predicted octanol–water partition coefficient (Wildman–Crippen LogP) is 9.43. The van der Waals surface area contributed by atoms with Gasteiger partial charge in [0.2, 0.25) is 0 Å². The van der Waals surface area contributed by atoms with Crippen LogP contribution in [0.3, 0.4) is 0 Å². The SMILES string of the molecule is Cc1ccc2c(c1)nc(N)c1ncc(CCc3ccc(C(C)C(C(N)CC(C(C)N)(C(C)c4ccc(CCc5cnc6c(N)nc7cc(C)ccc7c6c5)cc4)N(C)C)N(C)C)cc3)cc12. The minimum atomic E-state index is -0.404. The maximum atomic E-state index is 7.41. The van der Waals surface area contributed by atoms with Gasteiger partial charge in [-0.25, -0.2) is 9.97 Å². The minimum Gasteiger partial charge on any atom is -0.382 e. The monoisotopic (exact) mass is 881 g/mol. The third-order valence-electron chi connectivity index (χ3n) is 14.6. The number of fused-ring (bicyclic) bond motifs is 6. The van der Waals surface area contributed by atoms with Crippen molar-refractivity contribution >= 4 is 55.2 Å². The average molecular weight is 881 g/mol. The maximum Gasteiger partial charge on any atom is 0.150 e. The van der Waals surface area contributed by atoms with Crippen LogP contribution in [-0.2, 0) is 25.7 Å². The number of aromatic nitrogens is 4. The summed E-state index contributed by atoms with van der Waals surface area (Å²) in [7, 11) is 8.61. The number of aryl methyl sites for hydroxylation is 6. The molecular weight excluding hydrogens is 813 g/mol. The molecule has 8 aromatic rings. The maximum absolute atomic E-state index is 7.41. The van der Waals surface area contributed by atoms with Crippen molar-refractivity contribution in [3.05, 3.63) is 154 Å². The van der Waals surface area contributed by atoms with E-state index in [1.54, 1.807) is 0 Å². The first kappa shape index (κ1) is 46.5. The van der Waals surface area contributed by atoms with E-state index >= 15 is 0 Å². The number of likely N-dealkylation sites (N-methyl/N-ethyl adjacent to an activating group) is 2. The van der Waals surface area contributed by atoms with Gasteiger partial charge in [-0.1, -0.05) is 86.6 Å². The van der Waals surface area contributed by atoms with Gasteiger partial charge in [0.25, 0.3) is 0 Å². The molecule has 10 nitrogen and oxygen atoms in total. The summed E-state index contributed by atoms with van der Waals surface area (Å²) in [5.41, 5.74) is 39.8. The van der Waals surface area contributed by atoms with E-state index < -0.39 is 5.54 Å². The standard InChI is InChI=1S/C56H68N10/c1-33-10-24-44-46-28-40(31-61-51(46)54(59)63-49(44)26-33)14-12-38-16-20-42(21-17-38)35(3)53(65(6)7)48(58)30-56(37(5)57,66(8)9)36(4)43-22-18-39(19-23-43)13-15-41-29-47-45-25-11-34(2)27-50(45)64-55(60)52(47)62-32-41/h10-11,16-29,31-32,35-37,48,53H,12-15,30,57-58H2,1-9H3,(H2,59,63)(H2,60,64). The smallest absolute Gasteiger partial charge is 0.150 e. The largest absolute Gasteiger partial charge is 0.382 e. The Morgan fingerprint density at radius 1 is 0.545 bits per heavy atom. The third-order valence-corrected chi connectivity index (χ3v) is 14.6. The summed E-state index contributed by atoms with van der Waals surface area (Å²) in [4.78, 5) is 23.4. The Bertz CT molecular complexity index is 2990. The lowest BCUT2D eigenvalue weighted by molar-refractivity contribution is 0.0620. The molecule has 6 unspecified atom stereocenters. The van der Waals surface area contributed by atoms with E-state index in [1.165, 1.54) is 33.4 Å². The van der Waals surface area contributed by atoms with Gasteiger partial charge in [-0.15, -0.1) is 0 Å². The van der Waals surface area contributed by atoms with Crippen molar-refractivity contribution in [1.82, 2.24) is 29.7 Å². The second-order valence-electron chi connectivity index (χ2n) is 19.5. The van der Waals surface area contributed by atoms with Crippen LogP contribution in [0.4, 0.5) is 11.6 Å². The molecule has 0 aliphatic heterocycles. The molecule has 4 aromatic heterocycles. The quantitative estimate of drug-likeness (QED) is 0.0688. The van der Waals surface area contributed by atoms with Crippen LogP contribution in [0.5, 0.6) is 0 Å². The van der Waals surface area contributed by atoms with Gasteiger partial charge in [0, 0.05) is 63.5 Å². The first-order chi connectivity index (χ1) is 31.5. The fourth-order valence-electron chi connectivity index (χ4n) is 10.9. The lowest BCUT2D eigenvalue weighted by Gasteiger charge is -2.51. The highest BCUT2D eigenvalue weighted by atomic mass is 15.2. The third kappa shape index (κ3) is 9.20. The normalized spacial score (nSPS) is 15.4. The molecule has 4 heterocycles. The number of nitrogens with zero attached hydrogens (tertiary/aromatic N) is 6. The molecular formula is C56H68N10. The zero-order valence-electron chi connectivity index (χ0n) is 40.3. The van der Waals surface area contributed by atoms with Crippen LogP contribution >= 0.6 is 0 Å². The van der Waals surface area contributed by atoms with Gasteiger partial charge in [0.05, 0.1) is 11.0 Å². The Morgan fingerprint density at radius 2 is 0.985 bits per heavy atom. The summed E-state index contributed by atoms with van der Waals surface area (Å²) in [6.07, 6.45) is 8.15. The number of benzene rings is 4. The molecule has 0 bridgehead atoms. The van der Waals surface area contributed by atoms with Crippen LogP contribution in [0.15, 0.2) is 109 Å². The fourth-order valence-corrected chi connectivity index (χ4v) is 10.9. The Labute approximate surface area is 390 Å². The first-order valence-corrected chi connectivity index (χ1v) is 23.5. The second-order valence-corrected chi connectivity index (χ2v) is 19.5. The van der Waals surface area contributed by atoms with Crippen molar-refractivity contribution in [2.75, 3.05) is 39.7 Å².